The summed E-state index contributed by atoms with van der Waals surface area (Å²) in [7, 11) is 1.58. The Morgan fingerprint density at radius 1 is 1.38 bits per heavy atom. The van der Waals surface area contributed by atoms with Gasteiger partial charge in [-0.3, -0.25) is 9.59 Å². The third-order valence-electron chi connectivity index (χ3n) is 5.71. The molecule has 1 N–H and O–H groups in total. The molecule has 4 rings (SSSR count). The second kappa shape index (κ2) is 8.11. The Morgan fingerprint density at radius 2 is 2.21 bits per heavy atom. The maximum absolute atomic E-state index is 12.8. The Labute approximate surface area is 170 Å². The Kier molecular flexibility index (Phi) is 5.38. The summed E-state index contributed by atoms with van der Waals surface area (Å²) in [6.07, 6.45) is 8.00. The molecule has 1 aliphatic carbocycles. The molecule has 1 amide bonds. The number of aromatic nitrogens is 2. The fourth-order valence-corrected chi connectivity index (χ4v) is 3.90. The van der Waals surface area contributed by atoms with Gasteiger partial charge in [-0.25, -0.2) is 4.98 Å². The van der Waals surface area contributed by atoms with E-state index in [0.29, 0.717) is 30.6 Å². The molecule has 2 aromatic rings. The molecule has 29 heavy (non-hydrogen) atoms. The Morgan fingerprint density at radius 3 is 2.93 bits per heavy atom. The van der Waals surface area contributed by atoms with E-state index in [9.17, 15) is 9.59 Å². The van der Waals surface area contributed by atoms with E-state index in [0.717, 1.165) is 24.1 Å². The van der Waals surface area contributed by atoms with Crippen molar-refractivity contribution < 1.29 is 9.53 Å². The van der Waals surface area contributed by atoms with Crippen LogP contribution in [-0.4, -0.2) is 53.6 Å². The van der Waals surface area contributed by atoms with Crippen molar-refractivity contribution in [3.05, 3.63) is 53.6 Å². The summed E-state index contributed by atoms with van der Waals surface area (Å²) < 4.78 is 5.23. The zero-order chi connectivity index (χ0) is 20.4. The van der Waals surface area contributed by atoms with E-state index in [2.05, 4.69) is 21.4 Å². The summed E-state index contributed by atoms with van der Waals surface area (Å²) in [6, 6.07) is 5.81. The molecule has 2 aromatic heterocycles. The number of hydrogen-bond donors (Lipinski definition) is 1. The number of H-pyrrole nitrogens is 1. The Hall–Kier alpha value is -3.09. The molecule has 1 saturated heterocycles. The molecule has 7 heteroatoms. The van der Waals surface area contributed by atoms with Crippen LogP contribution in [0.3, 0.4) is 0 Å². The molecular weight excluding hydrogens is 368 g/mol. The van der Waals surface area contributed by atoms with Crippen LogP contribution in [0.5, 0.6) is 5.88 Å². The van der Waals surface area contributed by atoms with Gasteiger partial charge in [0.15, 0.2) is 0 Å². The first-order chi connectivity index (χ1) is 14.1. The number of methoxy groups -OCH3 is 1. The molecular formula is C22H26N4O3. The number of nitrogens with one attached hydrogen (secondary N) is 1. The zero-order valence-electron chi connectivity index (χ0n) is 16.6. The van der Waals surface area contributed by atoms with E-state index in [4.69, 9.17) is 4.74 Å². The zero-order valence-corrected chi connectivity index (χ0v) is 16.6. The third-order valence-corrected chi connectivity index (χ3v) is 5.71. The number of likely N-dealkylation sites (tertiary alicyclic amines) is 1. The van der Waals surface area contributed by atoms with Gasteiger partial charge in [-0.05, 0) is 49.0 Å². The van der Waals surface area contributed by atoms with Crippen molar-refractivity contribution in [2.75, 3.05) is 31.6 Å². The van der Waals surface area contributed by atoms with Gasteiger partial charge < -0.3 is 19.5 Å². The van der Waals surface area contributed by atoms with Gasteiger partial charge in [0, 0.05) is 49.7 Å². The van der Waals surface area contributed by atoms with Crippen LogP contribution in [0.25, 0.3) is 11.1 Å². The second-order valence-electron chi connectivity index (χ2n) is 7.72. The number of carbonyl (C=O) groups excluding carboxylic acids is 1. The minimum absolute atomic E-state index is 0.0505. The van der Waals surface area contributed by atoms with Crippen molar-refractivity contribution in [1.29, 1.82) is 0 Å². The highest BCUT2D eigenvalue weighted by atomic mass is 16.5. The minimum Gasteiger partial charge on any atom is -0.481 e. The molecule has 1 saturated carbocycles. The number of rotatable bonds is 7. The molecule has 0 bridgehead atoms. The summed E-state index contributed by atoms with van der Waals surface area (Å²) in [5.41, 5.74) is 2.38. The van der Waals surface area contributed by atoms with Crippen LogP contribution >= 0.6 is 0 Å². The number of aromatic amines is 1. The van der Waals surface area contributed by atoms with Crippen molar-refractivity contribution in [2.24, 2.45) is 5.92 Å². The first kappa shape index (κ1) is 19.2. The number of amides is 1. The second-order valence-corrected chi connectivity index (χ2v) is 7.72. The molecule has 0 unspecified atom stereocenters. The standard InChI is InChI=1S/C22H26N4O3/c1-3-21(27)25-9-7-18(14-25)26(13-15-4-5-15)19-10-17(12-24-22(19)28)16-6-8-23-20(11-16)29-2/h3,6,8,10-12,15,18H,1,4-5,7,9,13-14H2,2H3,(H,24,28)/t18-/m1/s1. The van der Waals surface area contributed by atoms with Gasteiger partial charge >= 0.3 is 0 Å². The highest BCUT2D eigenvalue weighted by Gasteiger charge is 2.34. The Bertz CT molecular complexity index is 967. The van der Waals surface area contributed by atoms with Gasteiger partial charge in [-0.1, -0.05) is 6.58 Å². The number of pyridine rings is 2. The molecule has 0 spiro atoms. The molecule has 3 heterocycles. The van der Waals surface area contributed by atoms with Gasteiger partial charge in [0.25, 0.3) is 5.56 Å². The van der Waals surface area contributed by atoms with Crippen LogP contribution in [0.2, 0.25) is 0 Å². The lowest BCUT2D eigenvalue weighted by atomic mass is 10.1. The smallest absolute Gasteiger partial charge is 0.271 e. The molecule has 152 valence electrons. The molecule has 2 aliphatic rings. The molecule has 0 aromatic carbocycles. The third kappa shape index (κ3) is 4.18. The predicted octanol–water partition coefficient (Wildman–Crippen LogP) is 2.45. The highest BCUT2D eigenvalue weighted by molar-refractivity contribution is 5.87. The Balaban J connectivity index is 1.66. The summed E-state index contributed by atoms with van der Waals surface area (Å²) in [6.45, 7) is 5.74. The normalized spacial score (nSPS) is 18.5. The van der Waals surface area contributed by atoms with E-state index in [1.54, 1.807) is 19.5 Å². The molecule has 1 aliphatic heterocycles. The summed E-state index contributed by atoms with van der Waals surface area (Å²) in [5, 5.41) is 0. The number of ether oxygens (including phenoxy) is 1. The maximum Gasteiger partial charge on any atom is 0.271 e. The summed E-state index contributed by atoms with van der Waals surface area (Å²) in [4.78, 5) is 35.8. The van der Waals surface area contributed by atoms with E-state index < -0.39 is 0 Å². The largest absolute Gasteiger partial charge is 0.481 e. The van der Waals surface area contributed by atoms with Crippen LogP contribution in [0.1, 0.15) is 19.3 Å². The fraction of sp³-hybridized carbons (Fsp3) is 0.409. The van der Waals surface area contributed by atoms with Gasteiger partial charge in [0.1, 0.15) is 5.69 Å². The molecule has 7 nitrogen and oxygen atoms in total. The van der Waals surface area contributed by atoms with Gasteiger partial charge in [-0.15, -0.1) is 0 Å². The average Bonchev–Trinajstić information content (AvgIpc) is 3.45. The first-order valence-corrected chi connectivity index (χ1v) is 10.00. The van der Waals surface area contributed by atoms with Crippen molar-refractivity contribution in [3.8, 4) is 17.0 Å². The van der Waals surface area contributed by atoms with Gasteiger partial charge in [0.2, 0.25) is 11.8 Å². The topological polar surface area (TPSA) is 78.5 Å². The van der Waals surface area contributed by atoms with Crippen molar-refractivity contribution in [2.45, 2.75) is 25.3 Å². The number of nitrogens with zero attached hydrogens (tertiary/aromatic N) is 3. The van der Waals surface area contributed by atoms with Crippen molar-refractivity contribution in [1.82, 2.24) is 14.9 Å². The van der Waals surface area contributed by atoms with Crippen molar-refractivity contribution in [3.63, 3.8) is 0 Å². The van der Waals surface area contributed by atoms with Crippen LogP contribution in [0.15, 0.2) is 48.0 Å². The maximum atomic E-state index is 12.8. The highest BCUT2D eigenvalue weighted by Crippen LogP contribution is 2.34. The lowest BCUT2D eigenvalue weighted by Crippen LogP contribution is -2.42. The lowest BCUT2D eigenvalue weighted by molar-refractivity contribution is -0.125. The van der Waals surface area contributed by atoms with Crippen molar-refractivity contribution >= 4 is 11.6 Å². The van der Waals surface area contributed by atoms with Crippen LogP contribution in [0.4, 0.5) is 5.69 Å². The number of carbonyl (C=O) groups is 1. The lowest BCUT2D eigenvalue weighted by Gasteiger charge is -2.31. The predicted molar refractivity (Wildman–Crippen MR) is 112 cm³/mol. The summed E-state index contributed by atoms with van der Waals surface area (Å²) in [5.74, 6) is 1.09. The van der Waals surface area contributed by atoms with E-state index in [-0.39, 0.29) is 17.5 Å². The quantitative estimate of drug-likeness (QED) is 0.730. The number of anilines is 1. The van der Waals surface area contributed by atoms with E-state index in [1.165, 1.54) is 18.9 Å². The van der Waals surface area contributed by atoms with E-state index >= 15 is 0 Å². The fourth-order valence-electron chi connectivity index (χ4n) is 3.90. The summed E-state index contributed by atoms with van der Waals surface area (Å²) >= 11 is 0. The average molecular weight is 394 g/mol. The molecule has 2 fully saturated rings. The van der Waals surface area contributed by atoms with E-state index in [1.807, 2.05) is 23.1 Å². The van der Waals surface area contributed by atoms with Crippen LogP contribution < -0.4 is 15.2 Å². The molecule has 0 radical (unpaired) electrons. The number of hydrogen-bond acceptors (Lipinski definition) is 5. The molecule has 1 atom stereocenters. The monoisotopic (exact) mass is 394 g/mol. The van der Waals surface area contributed by atoms with Gasteiger partial charge in [-0.2, -0.15) is 0 Å². The van der Waals surface area contributed by atoms with Crippen LogP contribution in [0, 0.1) is 5.92 Å². The SMILES string of the molecule is C=CC(=O)N1CC[C@@H](N(CC2CC2)c2cc(-c3ccnc(OC)c3)c[nH]c2=O)C1. The van der Waals surface area contributed by atoms with Gasteiger partial charge in [0.05, 0.1) is 7.11 Å². The minimum atomic E-state index is -0.107. The first-order valence-electron chi connectivity index (χ1n) is 10.00. The van der Waals surface area contributed by atoms with Crippen LogP contribution in [-0.2, 0) is 4.79 Å².